The Morgan fingerprint density at radius 3 is 2.85 bits per heavy atom. The molecule has 26 heavy (non-hydrogen) atoms. The van der Waals surface area contributed by atoms with Crippen molar-refractivity contribution in [1.29, 1.82) is 0 Å². The highest BCUT2D eigenvalue weighted by Crippen LogP contribution is 2.23. The van der Waals surface area contributed by atoms with Crippen LogP contribution in [0.3, 0.4) is 0 Å². The highest BCUT2D eigenvalue weighted by Gasteiger charge is 2.27. The van der Waals surface area contributed by atoms with Gasteiger partial charge >= 0.3 is 0 Å². The SMILES string of the molecule is CNc1nccnc1CC1CCCN(C(=O)c2ccc(C)n(C)c2=O)C1. The number of anilines is 1. The van der Waals surface area contributed by atoms with Crippen molar-refractivity contribution in [2.75, 3.05) is 25.5 Å². The maximum atomic E-state index is 12.9. The predicted octanol–water partition coefficient (Wildman–Crippen LogP) is 1.62. The van der Waals surface area contributed by atoms with Gasteiger partial charge < -0.3 is 14.8 Å². The minimum Gasteiger partial charge on any atom is -0.372 e. The Kier molecular flexibility index (Phi) is 5.35. The minimum absolute atomic E-state index is 0.178. The number of likely N-dealkylation sites (tertiary alicyclic amines) is 1. The maximum Gasteiger partial charge on any atom is 0.263 e. The lowest BCUT2D eigenvalue weighted by atomic mass is 9.92. The van der Waals surface area contributed by atoms with Crippen LogP contribution >= 0.6 is 0 Å². The molecule has 0 spiro atoms. The number of rotatable bonds is 4. The molecule has 1 saturated heterocycles. The van der Waals surface area contributed by atoms with Crippen LogP contribution in [0.5, 0.6) is 0 Å². The van der Waals surface area contributed by atoms with Crippen LogP contribution in [0.15, 0.2) is 29.3 Å². The minimum atomic E-state index is -0.233. The van der Waals surface area contributed by atoms with Gasteiger partial charge in [0, 0.05) is 45.3 Å². The number of amides is 1. The van der Waals surface area contributed by atoms with Gasteiger partial charge in [-0.05, 0) is 44.2 Å². The van der Waals surface area contributed by atoms with Crippen molar-refractivity contribution in [2.45, 2.75) is 26.2 Å². The third-order valence-electron chi connectivity index (χ3n) is 5.08. The lowest BCUT2D eigenvalue weighted by Gasteiger charge is -2.32. The van der Waals surface area contributed by atoms with Crippen molar-refractivity contribution in [2.24, 2.45) is 13.0 Å². The van der Waals surface area contributed by atoms with Crippen LogP contribution in [0.1, 0.15) is 34.6 Å². The summed E-state index contributed by atoms with van der Waals surface area (Å²) in [4.78, 5) is 35.8. The number of pyridine rings is 1. The highest BCUT2D eigenvalue weighted by atomic mass is 16.2. The molecule has 1 atom stereocenters. The molecule has 0 radical (unpaired) electrons. The third-order valence-corrected chi connectivity index (χ3v) is 5.08. The van der Waals surface area contributed by atoms with Crippen molar-refractivity contribution in [3.05, 3.63) is 51.8 Å². The van der Waals surface area contributed by atoms with Gasteiger partial charge in [0.1, 0.15) is 11.4 Å². The molecule has 3 heterocycles. The monoisotopic (exact) mass is 355 g/mol. The molecule has 7 heteroatoms. The molecule has 0 aliphatic carbocycles. The molecule has 1 fully saturated rings. The standard InChI is InChI=1S/C19H25N5O2/c1-13-6-7-15(18(25)23(13)3)19(26)24-10-4-5-14(12-24)11-16-17(20-2)22-9-8-21-16/h6-9,14H,4-5,10-12H2,1-3H3,(H,20,22). The summed E-state index contributed by atoms with van der Waals surface area (Å²) < 4.78 is 1.52. The van der Waals surface area contributed by atoms with E-state index in [2.05, 4.69) is 15.3 Å². The summed E-state index contributed by atoms with van der Waals surface area (Å²) in [6.07, 6.45) is 6.09. The molecule has 1 amide bonds. The smallest absolute Gasteiger partial charge is 0.263 e. The first-order valence-corrected chi connectivity index (χ1v) is 8.94. The van der Waals surface area contributed by atoms with E-state index in [4.69, 9.17) is 0 Å². The number of aryl methyl sites for hydroxylation is 1. The Balaban J connectivity index is 1.75. The molecule has 3 rings (SSSR count). The van der Waals surface area contributed by atoms with E-state index in [1.807, 2.05) is 20.0 Å². The number of nitrogens with one attached hydrogen (secondary N) is 1. The van der Waals surface area contributed by atoms with Crippen molar-refractivity contribution < 1.29 is 4.79 Å². The number of carbonyl (C=O) groups excluding carboxylic acids is 1. The Morgan fingerprint density at radius 2 is 2.08 bits per heavy atom. The molecule has 2 aromatic heterocycles. The van der Waals surface area contributed by atoms with Gasteiger partial charge in [-0.2, -0.15) is 0 Å². The molecule has 138 valence electrons. The fourth-order valence-electron chi connectivity index (χ4n) is 3.48. The van der Waals surface area contributed by atoms with E-state index in [-0.39, 0.29) is 17.0 Å². The van der Waals surface area contributed by atoms with Crippen molar-refractivity contribution in [1.82, 2.24) is 19.4 Å². The zero-order valence-corrected chi connectivity index (χ0v) is 15.5. The zero-order valence-electron chi connectivity index (χ0n) is 15.5. The molecule has 1 aliphatic rings. The van der Waals surface area contributed by atoms with E-state index in [9.17, 15) is 9.59 Å². The van der Waals surface area contributed by atoms with Crippen LogP contribution in [0, 0.1) is 12.8 Å². The summed E-state index contributed by atoms with van der Waals surface area (Å²) in [5, 5.41) is 3.07. The van der Waals surface area contributed by atoms with Crippen LogP contribution < -0.4 is 10.9 Å². The van der Waals surface area contributed by atoms with Gasteiger partial charge in [-0.25, -0.2) is 4.98 Å². The molecular weight excluding hydrogens is 330 g/mol. The molecule has 0 bridgehead atoms. The number of hydrogen-bond acceptors (Lipinski definition) is 5. The van der Waals surface area contributed by atoms with Gasteiger partial charge in [0.2, 0.25) is 0 Å². The van der Waals surface area contributed by atoms with Crippen molar-refractivity contribution in [3.63, 3.8) is 0 Å². The van der Waals surface area contributed by atoms with Crippen LogP contribution in [-0.2, 0) is 13.5 Å². The first kappa shape index (κ1) is 18.1. The number of piperidine rings is 1. The normalized spacial score (nSPS) is 17.2. The zero-order chi connectivity index (χ0) is 18.7. The van der Waals surface area contributed by atoms with Crippen LogP contribution in [0.25, 0.3) is 0 Å². The first-order valence-electron chi connectivity index (χ1n) is 8.94. The average Bonchev–Trinajstić information content (AvgIpc) is 2.66. The summed E-state index contributed by atoms with van der Waals surface area (Å²) in [5.74, 6) is 0.914. The number of hydrogen-bond donors (Lipinski definition) is 1. The summed E-state index contributed by atoms with van der Waals surface area (Å²) in [7, 11) is 3.53. The Labute approximate surface area is 153 Å². The van der Waals surface area contributed by atoms with E-state index in [0.29, 0.717) is 19.0 Å². The molecule has 1 unspecified atom stereocenters. The van der Waals surface area contributed by atoms with Gasteiger partial charge in [-0.1, -0.05) is 0 Å². The van der Waals surface area contributed by atoms with Gasteiger partial charge in [-0.15, -0.1) is 0 Å². The Morgan fingerprint density at radius 1 is 1.31 bits per heavy atom. The van der Waals surface area contributed by atoms with E-state index >= 15 is 0 Å². The van der Waals surface area contributed by atoms with Crippen LogP contribution in [-0.4, -0.2) is 45.5 Å². The number of carbonyl (C=O) groups is 1. The Hall–Kier alpha value is -2.70. The van der Waals surface area contributed by atoms with E-state index in [0.717, 1.165) is 36.5 Å². The number of aromatic nitrogens is 3. The summed E-state index contributed by atoms with van der Waals surface area (Å²) in [5.41, 5.74) is 1.77. The topological polar surface area (TPSA) is 80.1 Å². The number of nitrogens with zero attached hydrogens (tertiary/aromatic N) is 4. The molecule has 0 aromatic carbocycles. The molecule has 1 N–H and O–H groups in total. The first-order chi connectivity index (χ1) is 12.5. The molecule has 7 nitrogen and oxygen atoms in total. The van der Waals surface area contributed by atoms with Gasteiger partial charge in [0.25, 0.3) is 11.5 Å². The van der Waals surface area contributed by atoms with E-state index < -0.39 is 0 Å². The lowest BCUT2D eigenvalue weighted by Crippen LogP contribution is -2.43. The summed E-state index contributed by atoms with van der Waals surface area (Å²) in [6.45, 7) is 3.17. The summed E-state index contributed by atoms with van der Waals surface area (Å²) in [6, 6.07) is 3.46. The van der Waals surface area contributed by atoms with E-state index in [1.54, 1.807) is 30.4 Å². The van der Waals surface area contributed by atoms with Crippen LogP contribution in [0.4, 0.5) is 5.82 Å². The van der Waals surface area contributed by atoms with E-state index in [1.165, 1.54) is 4.57 Å². The fourth-order valence-corrected chi connectivity index (χ4v) is 3.48. The third kappa shape index (κ3) is 3.61. The predicted molar refractivity (Wildman–Crippen MR) is 100 cm³/mol. The van der Waals surface area contributed by atoms with Crippen molar-refractivity contribution in [3.8, 4) is 0 Å². The van der Waals surface area contributed by atoms with Gasteiger partial charge in [-0.3, -0.25) is 14.6 Å². The second-order valence-corrected chi connectivity index (χ2v) is 6.82. The second-order valence-electron chi connectivity index (χ2n) is 6.82. The maximum absolute atomic E-state index is 12.9. The second kappa shape index (κ2) is 7.68. The fraction of sp³-hybridized carbons (Fsp3) is 0.474. The van der Waals surface area contributed by atoms with Gasteiger partial charge in [0.15, 0.2) is 0 Å². The lowest BCUT2D eigenvalue weighted by molar-refractivity contribution is 0.0670. The molecule has 0 saturated carbocycles. The van der Waals surface area contributed by atoms with Crippen LogP contribution in [0.2, 0.25) is 0 Å². The largest absolute Gasteiger partial charge is 0.372 e. The highest BCUT2D eigenvalue weighted by molar-refractivity contribution is 5.94. The van der Waals surface area contributed by atoms with Gasteiger partial charge in [0.05, 0.1) is 5.69 Å². The Bertz CT molecular complexity index is 861. The molecular formula is C19H25N5O2. The molecule has 1 aliphatic heterocycles. The molecule has 2 aromatic rings. The summed E-state index contributed by atoms with van der Waals surface area (Å²) >= 11 is 0. The quantitative estimate of drug-likeness (QED) is 0.901. The average molecular weight is 355 g/mol. The van der Waals surface area contributed by atoms with Crippen molar-refractivity contribution >= 4 is 11.7 Å².